The number of ether oxygens (including phenoxy) is 1. The number of carbonyl (C=O) groups is 3. The molecule has 1 atom stereocenters. The SMILES string of the molecule is CCNC(=O)[C@H](C)NC(=O)COC(=O)c1ccccc1SCc1cc(C)on1. The normalized spacial score (nSPS) is 11.5. The highest BCUT2D eigenvalue weighted by atomic mass is 32.2. The van der Waals surface area contributed by atoms with Gasteiger partial charge in [-0.2, -0.15) is 0 Å². The van der Waals surface area contributed by atoms with Gasteiger partial charge in [-0.1, -0.05) is 17.3 Å². The van der Waals surface area contributed by atoms with Crippen molar-refractivity contribution in [3.63, 3.8) is 0 Å². The first-order valence-corrected chi connectivity index (χ1v) is 9.77. The molecule has 28 heavy (non-hydrogen) atoms. The number of amides is 2. The van der Waals surface area contributed by atoms with Crippen LogP contribution >= 0.6 is 11.8 Å². The number of nitrogens with one attached hydrogen (secondary N) is 2. The maximum Gasteiger partial charge on any atom is 0.339 e. The Kier molecular flexibility index (Phi) is 8.06. The number of hydrogen-bond acceptors (Lipinski definition) is 7. The number of aryl methyl sites for hydroxylation is 1. The van der Waals surface area contributed by atoms with Crippen molar-refractivity contribution >= 4 is 29.5 Å². The molecule has 1 heterocycles. The second-order valence-corrected chi connectivity index (χ2v) is 6.99. The summed E-state index contributed by atoms with van der Waals surface area (Å²) in [7, 11) is 0. The predicted molar refractivity (Wildman–Crippen MR) is 104 cm³/mol. The molecule has 8 nitrogen and oxygen atoms in total. The summed E-state index contributed by atoms with van der Waals surface area (Å²) in [6.45, 7) is 5.15. The first-order chi connectivity index (χ1) is 13.4. The lowest BCUT2D eigenvalue weighted by molar-refractivity contribution is -0.130. The lowest BCUT2D eigenvalue weighted by Gasteiger charge is -2.13. The van der Waals surface area contributed by atoms with Crippen LogP contribution in [0, 0.1) is 6.92 Å². The Bertz CT molecular complexity index is 836. The largest absolute Gasteiger partial charge is 0.452 e. The number of esters is 1. The third-order valence-electron chi connectivity index (χ3n) is 3.62. The molecule has 0 unspecified atom stereocenters. The van der Waals surface area contributed by atoms with Gasteiger partial charge in [0.2, 0.25) is 5.91 Å². The van der Waals surface area contributed by atoms with Crippen LogP contribution in [0.1, 0.15) is 35.7 Å². The number of carbonyl (C=O) groups excluding carboxylic acids is 3. The van der Waals surface area contributed by atoms with Gasteiger partial charge in [0, 0.05) is 23.3 Å². The van der Waals surface area contributed by atoms with Crippen molar-refractivity contribution in [2.24, 2.45) is 0 Å². The molecule has 2 rings (SSSR count). The number of likely N-dealkylation sites (N-methyl/N-ethyl adjacent to an activating group) is 1. The van der Waals surface area contributed by atoms with Crippen molar-refractivity contribution in [2.45, 2.75) is 37.5 Å². The Morgan fingerprint density at radius 2 is 2.04 bits per heavy atom. The van der Waals surface area contributed by atoms with Gasteiger partial charge in [0.1, 0.15) is 11.8 Å². The van der Waals surface area contributed by atoms with Gasteiger partial charge in [0.15, 0.2) is 6.61 Å². The molecule has 0 saturated heterocycles. The fourth-order valence-electron chi connectivity index (χ4n) is 2.28. The van der Waals surface area contributed by atoms with E-state index in [0.29, 0.717) is 22.8 Å². The van der Waals surface area contributed by atoms with Crippen molar-refractivity contribution < 1.29 is 23.6 Å². The van der Waals surface area contributed by atoms with Gasteiger partial charge in [-0.15, -0.1) is 11.8 Å². The van der Waals surface area contributed by atoms with Crippen LogP contribution in [0.25, 0.3) is 0 Å². The minimum absolute atomic E-state index is 0.299. The van der Waals surface area contributed by atoms with E-state index in [9.17, 15) is 14.4 Å². The molecule has 0 bridgehead atoms. The van der Waals surface area contributed by atoms with Gasteiger partial charge in [-0.3, -0.25) is 9.59 Å². The minimum Gasteiger partial charge on any atom is -0.452 e. The van der Waals surface area contributed by atoms with Gasteiger partial charge < -0.3 is 19.9 Å². The first-order valence-electron chi connectivity index (χ1n) is 8.79. The number of aromatic nitrogens is 1. The number of nitrogens with zero attached hydrogens (tertiary/aromatic N) is 1. The van der Waals surface area contributed by atoms with Crippen molar-refractivity contribution in [2.75, 3.05) is 13.2 Å². The summed E-state index contributed by atoms with van der Waals surface area (Å²) >= 11 is 1.42. The van der Waals surface area contributed by atoms with E-state index >= 15 is 0 Å². The molecule has 1 aromatic heterocycles. The van der Waals surface area contributed by atoms with E-state index in [4.69, 9.17) is 9.26 Å². The topological polar surface area (TPSA) is 111 Å². The minimum atomic E-state index is -0.708. The fraction of sp³-hybridized carbons (Fsp3) is 0.368. The Morgan fingerprint density at radius 3 is 2.71 bits per heavy atom. The second-order valence-electron chi connectivity index (χ2n) is 5.97. The van der Waals surface area contributed by atoms with E-state index in [2.05, 4.69) is 15.8 Å². The quantitative estimate of drug-likeness (QED) is 0.485. The molecule has 0 spiro atoms. The average molecular weight is 405 g/mol. The molecule has 0 fully saturated rings. The number of rotatable bonds is 9. The summed E-state index contributed by atoms with van der Waals surface area (Å²) in [6.07, 6.45) is 0. The fourth-order valence-corrected chi connectivity index (χ4v) is 3.20. The summed E-state index contributed by atoms with van der Waals surface area (Å²) in [5, 5.41) is 9.01. The first kappa shape index (κ1) is 21.5. The monoisotopic (exact) mass is 405 g/mol. The van der Waals surface area contributed by atoms with Gasteiger partial charge >= 0.3 is 5.97 Å². The molecule has 2 N–H and O–H groups in total. The van der Waals surface area contributed by atoms with Crippen molar-refractivity contribution in [3.05, 3.63) is 47.3 Å². The molecule has 0 radical (unpaired) electrons. The number of benzene rings is 1. The Morgan fingerprint density at radius 1 is 1.29 bits per heavy atom. The maximum absolute atomic E-state index is 12.4. The summed E-state index contributed by atoms with van der Waals surface area (Å²) in [6, 6.07) is 8.08. The summed E-state index contributed by atoms with van der Waals surface area (Å²) in [5.74, 6) is -0.203. The highest BCUT2D eigenvalue weighted by Crippen LogP contribution is 2.26. The zero-order chi connectivity index (χ0) is 20.5. The van der Waals surface area contributed by atoms with Crippen LogP contribution in [0.15, 0.2) is 39.8 Å². The smallest absolute Gasteiger partial charge is 0.339 e. The molecular weight excluding hydrogens is 382 g/mol. The second kappa shape index (κ2) is 10.5. The third kappa shape index (κ3) is 6.41. The van der Waals surface area contributed by atoms with E-state index in [-0.39, 0.29) is 5.91 Å². The molecule has 0 saturated carbocycles. The van der Waals surface area contributed by atoms with E-state index < -0.39 is 24.5 Å². The zero-order valence-electron chi connectivity index (χ0n) is 16.0. The molecule has 2 amide bonds. The Balaban J connectivity index is 1.89. The van der Waals surface area contributed by atoms with Crippen LogP contribution in [-0.4, -0.2) is 42.1 Å². The molecule has 150 valence electrons. The lowest BCUT2D eigenvalue weighted by atomic mass is 10.2. The van der Waals surface area contributed by atoms with Crippen LogP contribution in [0.3, 0.4) is 0 Å². The van der Waals surface area contributed by atoms with Crippen LogP contribution < -0.4 is 10.6 Å². The molecule has 0 aliphatic heterocycles. The number of thioether (sulfide) groups is 1. The van der Waals surface area contributed by atoms with Crippen molar-refractivity contribution in [1.29, 1.82) is 0 Å². The van der Waals surface area contributed by atoms with Gasteiger partial charge in [-0.25, -0.2) is 4.79 Å². The average Bonchev–Trinajstić information content (AvgIpc) is 3.10. The zero-order valence-corrected chi connectivity index (χ0v) is 16.8. The van der Waals surface area contributed by atoms with Crippen LogP contribution in [0.5, 0.6) is 0 Å². The molecular formula is C19H23N3O5S. The highest BCUT2D eigenvalue weighted by molar-refractivity contribution is 7.98. The van der Waals surface area contributed by atoms with E-state index in [1.165, 1.54) is 11.8 Å². The summed E-state index contributed by atoms with van der Waals surface area (Å²) in [5.41, 5.74) is 1.13. The van der Waals surface area contributed by atoms with E-state index in [1.807, 2.05) is 19.1 Å². The molecule has 1 aromatic carbocycles. The summed E-state index contributed by atoms with van der Waals surface area (Å²) in [4.78, 5) is 36.6. The molecule has 0 aliphatic rings. The Labute approximate surface area is 167 Å². The third-order valence-corrected chi connectivity index (χ3v) is 4.72. The van der Waals surface area contributed by atoms with Crippen molar-refractivity contribution in [1.82, 2.24) is 15.8 Å². The Hall–Kier alpha value is -2.81. The van der Waals surface area contributed by atoms with Crippen LogP contribution in [0.4, 0.5) is 0 Å². The summed E-state index contributed by atoms with van der Waals surface area (Å²) < 4.78 is 10.1. The van der Waals surface area contributed by atoms with Crippen LogP contribution in [0.2, 0.25) is 0 Å². The van der Waals surface area contributed by atoms with Gasteiger partial charge in [0.25, 0.3) is 5.91 Å². The lowest BCUT2D eigenvalue weighted by Crippen LogP contribution is -2.46. The van der Waals surface area contributed by atoms with Crippen LogP contribution in [-0.2, 0) is 20.1 Å². The van der Waals surface area contributed by atoms with Gasteiger partial charge in [0.05, 0.1) is 11.3 Å². The standard InChI is InChI=1S/C19H23N3O5S/c1-4-20-18(24)13(3)21-17(23)10-26-19(25)15-7-5-6-8-16(15)28-11-14-9-12(2)27-22-14/h5-9,13H,4,10-11H2,1-3H3,(H,20,24)(H,21,23)/t13-/m0/s1. The van der Waals surface area contributed by atoms with Gasteiger partial charge in [-0.05, 0) is 32.9 Å². The number of hydrogen-bond donors (Lipinski definition) is 2. The molecule has 0 aliphatic carbocycles. The van der Waals surface area contributed by atoms with E-state index in [1.54, 1.807) is 32.0 Å². The predicted octanol–water partition coefficient (Wildman–Crippen LogP) is 2.07. The molecule has 2 aromatic rings. The molecule has 9 heteroatoms. The van der Waals surface area contributed by atoms with E-state index in [0.717, 1.165) is 11.5 Å². The van der Waals surface area contributed by atoms with Crippen molar-refractivity contribution in [3.8, 4) is 0 Å². The maximum atomic E-state index is 12.4. The highest BCUT2D eigenvalue weighted by Gasteiger charge is 2.18.